The van der Waals surface area contributed by atoms with Gasteiger partial charge in [-0.15, -0.1) is 0 Å². The van der Waals surface area contributed by atoms with E-state index in [9.17, 15) is 19.5 Å². The summed E-state index contributed by atoms with van der Waals surface area (Å²) in [6.07, 6.45) is 0. The largest absolute Gasteiger partial charge is 0.481 e. The molecule has 3 atom stereocenters. The van der Waals surface area contributed by atoms with Crippen LogP contribution in [0.15, 0.2) is 0 Å². The fourth-order valence-electron chi connectivity index (χ4n) is 2.17. The summed E-state index contributed by atoms with van der Waals surface area (Å²) < 4.78 is 5.17. The van der Waals surface area contributed by atoms with Crippen molar-refractivity contribution in [2.45, 2.75) is 19.9 Å². The van der Waals surface area contributed by atoms with Gasteiger partial charge in [0.1, 0.15) is 5.41 Å². The van der Waals surface area contributed by atoms with Crippen LogP contribution in [0.2, 0.25) is 0 Å². The van der Waals surface area contributed by atoms with Gasteiger partial charge in [-0.05, 0) is 6.92 Å². The van der Waals surface area contributed by atoms with Crippen LogP contribution in [0.25, 0.3) is 0 Å². The van der Waals surface area contributed by atoms with Gasteiger partial charge in [0.15, 0.2) is 0 Å². The Balaban J connectivity index is 2.60. The summed E-state index contributed by atoms with van der Waals surface area (Å²) in [6.45, 7) is 3.71. The van der Waals surface area contributed by atoms with Crippen LogP contribution in [0.1, 0.15) is 13.8 Å². The summed E-state index contributed by atoms with van der Waals surface area (Å²) in [5, 5.41) is 14.4. The summed E-state index contributed by atoms with van der Waals surface area (Å²) in [4.78, 5) is 36.2. The van der Waals surface area contributed by atoms with Crippen LogP contribution in [0.4, 0.5) is 4.79 Å². The van der Waals surface area contributed by atoms with Gasteiger partial charge in [-0.1, -0.05) is 6.92 Å². The van der Waals surface area contributed by atoms with E-state index in [1.165, 1.54) is 11.9 Å². The molecule has 1 aliphatic heterocycles. The summed E-state index contributed by atoms with van der Waals surface area (Å²) in [5.41, 5.74) is -1.14. The third-order valence-electron chi connectivity index (χ3n) is 3.83. The lowest BCUT2D eigenvalue weighted by Gasteiger charge is -2.28. The van der Waals surface area contributed by atoms with Gasteiger partial charge in [0.05, 0.1) is 25.2 Å². The van der Waals surface area contributed by atoms with Gasteiger partial charge < -0.3 is 25.4 Å². The molecule has 0 aromatic carbocycles. The Morgan fingerprint density at radius 1 is 1.48 bits per heavy atom. The van der Waals surface area contributed by atoms with Crippen molar-refractivity contribution < 1.29 is 24.2 Å². The van der Waals surface area contributed by atoms with Crippen LogP contribution in [0, 0.1) is 11.3 Å². The third kappa shape index (κ3) is 3.84. The molecule has 120 valence electrons. The van der Waals surface area contributed by atoms with Gasteiger partial charge in [0.2, 0.25) is 5.91 Å². The summed E-state index contributed by atoms with van der Waals surface area (Å²) >= 11 is 0. The number of rotatable bonds is 5. The third-order valence-corrected chi connectivity index (χ3v) is 3.83. The molecule has 3 unspecified atom stereocenters. The minimum atomic E-state index is -1.14. The first-order valence-electron chi connectivity index (χ1n) is 6.76. The number of nitrogens with one attached hydrogen (secondary N) is 2. The van der Waals surface area contributed by atoms with E-state index in [-0.39, 0.29) is 31.6 Å². The molecule has 1 saturated heterocycles. The normalized spacial score (nSPS) is 26.0. The van der Waals surface area contributed by atoms with Crippen LogP contribution in [-0.2, 0) is 14.3 Å². The van der Waals surface area contributed by atoms with E-state index in [0.29, 0.717) is 0 Å². The van der Waals surface area contributed by atoms with Crippen molar-refractivity contribution >= 4 is 17.9 Å². The molecule has 1 fully saturated rings. The van der Waals surface area contributed by atoms with E-state index in [0.717, 1.165) is 0 Å². The number of carbonyl (C=O) groups is 3. The highest BCUT2D eigenvalue weighted by Gasteiger charge is 2.47. The van der Waals surface area contributed by atoms with Gasteiger partial charge in [0, 0.05) is 20.6 Å². The first kappa shape index (κ1) is 17.2. The number of carboxylic acid groups (broad SMARTS) is 1. The first-order valence-corrected chi connectivity index (χ1v) is 6.76. The molecule has 8 nitrogen and oxygen atoms in total. The fraction of sp³-hybridized carbons (Fsp3) is 0.769. The number of amides is 3. The average Bonchev–Trinajstić information content (AvgIpc) is 2.80. The van der Waals surface area contributed by atoms with Crippen molar-refractivity contribution in [1.82, 2.24) is 15.5 Å². The molecule has 0 saturated carbocycles. The standard InChI is InChI=1S/C13H23N3O5/c1-8(10(17)14-3)5-16(4)12(20)15-9-6-21-7-13(9,2)11(18)19/h8-9H,5-7H2,1-4H3,(H,14,17)(H,15,20)(H,18,19). The number of carbonyl (C=O) groups excluding carboxylic acids is 2. The Bertz CT molecular complexity index is 428. The van der Waals surface area contributed by atoms with Crippen LogP contribution in [-0.4, -0.2) is 67.8 Å². The molecule has 3 amide bonds. The Labute approximate surface area is 123 Å². The van der Waals surface area contributed by atoms with Crippen molar-refractivity contribution in [2.75, 3.05) is 33.9 Å². The number of hydrogen-bond acceptors (Lipinski definition) is 4. The fourth-order valence-corrected chi connectivity index (χ4v) is 2.17. The zero-order valence-corrected chi connectivity index (χ0v) is 12.8. The highest BCUT2D eigenvalue weighted by atomic mass is 16.5. The monoisotopic (exact) mass is 301 g/mol. The maximum Gasteiger partial charge on any atom is 0.317 e. The predicted molar refractivity (Wildman–Crippen MR) is 74.7 cm³/mol. The van der Waals surface area contributed by atoms with E-state index >= 15 is 0 Å². The van der Waals surface area contributed by atoms with Crippen molar-refractivity contribution in [1.29, 1.82) is 0 Å². The minimum absolute atomic E-state index is 0.0611. The van der Waals surface area contributed by atoms with Gasteiger partial charge >= 0.3 is 12.0 Å². The highest BCUT2D eigenvalue weighted by Crippen LogP contribution is 2.28. The van der Waals surface area contributed by atoms with Gasteiger partial charge in [-0.25, -0.2) is 4.79 Å². The van der Waals surface area contributed by atoms with E-state index in [4.69, 9.17) is 4.74 Å². The van der Waals surface area contributed by atoms with Crippen LogP contribution in [0.3, 0.4) is 0 Å². The number of carboxylic acids is 1. The second kappa shape index (κ2) is 6.75. The summed E-state index contributed by atoms with van der Waals surface area (Å²) in [7, 11) is 3.09. The quantitative estimate of drug-likeness (QED) is 0.634. The second-order valence-electron chi connectivity index (χ2n) is 5.64. The lowest BCUT2D eigenvalue weighted by atomic mass is 9.85. The molecule has 0 radical (unpaired) electrons. The lowest BCUT2D eigenvalue weighted by Crippen LogP contribution is -2.53. The topological polar surface area (TPSA) is 108 Å². The molecule has 3 N–H and O–H groups in total. The number of ether oxygens (including phenoxy) is 1. The highest BCUT2D eigenvalue weighted by molar-refractivity contribution is 5.81. The van der Waals surface area contributed by atoms with Crippen LogP contribution in [0.5, 0.6) is 0 Å². The number of urea groups is 1. The maximum atomic E-state index is 12.1. The average molecular weight is 301 g/mol. The summed E-state index contributed by atoms with van der Waals surface area (Å²) in [5.74, 6) is -1.52. The van der Waals surface area contributed by atoms with Crippen molar-refractivity contribution in [3.8, 4) is 0 Å². The van der Waals surface area contributed by atoms with Crippen molar-refractivity contribution in [3.63, 3.8) is 0 Å². The Morgan fingerprint density at radius 2 is 2.10 bits per heavy atom. The summed E-state index contributed by atoms with van der Waals surface area (Å²) in [6, 6.07) is -1.02. The molecule has 8 heteroatoms. The van der Waals surface area contributed by atoms with Crippen LogP contribution >= 0.6 is 0 Å². The predicted octanol–water partition coefficient (Wildman–Crippen LogP) is -0.500. The smallest absolute Gasteiger partial charge is 0.317 e. The first-order chi connectivity index (χ1) is 9.72. The minimum Gasteiger partial charge on any atom is -0.481 e. The Hall–Kier alpha value is -1.83. The van der Waals surface area contributed by atoms with E-state index in [1.54, 1.807) is 20.9 Å². The SMILES string of the molecule is CNC(=O)C(C)CN(C)C(=O)NC1COCC1(C)C(=O)O. The van der Waals surface area contributed by atoms with E-state index < -0.39 is 23.5 Å². The van der Waals surface area contributed by atoms with E-state index in [2.05, 4.69) is 10.6 Å². The molecule has 0 bridgehead atoms. The number of aliphatic carboxylic acids is 1. The molecule has 21 heavy (non-hydrogen) atoms. The number of hydrogen-bond donors (Lipinski definition) is 3. The Kier molecular flexibility index (Phi) is 5.54. The molecular formula is C13H23N3O5. The Morgan fingerprint density at radius 3 is 2.62 bits per heavy atom. The van der Waals surface area contributed by atoms with Gasteiger partial charge in [-0.3, -0.25) is 9.59 Å². The number of nitrogens with zero attached hydrogens (tertiary/aromatic N) is 1. The maximum absolute atomic E-state index is 12.1. The molecule has 0 aliphatic carbocycles. The van der Waals surface area contributed by atoms with Crippen molar-refractivity contribution in [3.05, 3.63) is 0 Å². The zero-order chi connectivity index (χ0) is 16.2. The molecule has 0 spiro atoms. The molecule has 1 aliphatic rings. The van der Waals surface area contributed by atoms with Gasteiger partial charge in [0.25, 0.3) is 0 Å². The molecule has 1 rings (SSSR count). The molecule has 1 heterocycles. The zero-order valence-electron chi connectivity index (χ0n) is 12.8. The molecule has 0 aromatic rings. The molecular weight excluding hydrogens is 278 g/mol. The van der Waals surface area contributed by atoms with Gasteiger partial charge in [-0.2, -0.15) is 0 Å². The van der Waals surface area contributed by atoms with Crippen molar-refractivity contribution in [2.24, 2.45) is 11.3 Å². The second-order valence-corrected chi connectivity index (χ2v) is 5.64. The lowest BCUT2D eigenvalue weighted by molar-refractivity contribution is -0.148. The van der Waals surface area contributed by atoms with E-state index in [1.807, 2.05) is 0 Å². The van der Waals surface area contributed by atoms with Crippen LogP contribution < -0.4 is 10.6 Å². The molecule has 0 aromatic heterocycles.